The van der Waals surface area contributed by atoms with Gasteiger partial charge in [-0.15, -0.1) is 0 Å². The number of hydrogen-bond donors (Lipinski definition) is 0. The van der Waals surface area contributed by atoms with Crippen molar-refractivity contribution in [1.29, 1.82) is 0 Å². The maximum Gasteiger partial charge on any atom is 0.236 e. The zero-order valence-corrected chi connectivity index (χ0v) is 10.2. The molecule has 5 heteroatoms. The molecule has 0 N–H and O–H groups in total. The highest BCUT2D eigenvalue weighted by Crippen LogP contribution is 2.26. The first-order valence-electron chi connectivity index (χ1n) is 4.55. The maximum atomic E-state index is 11.0. The molecule has 0 radical (unpaired) electrons. The molecule has 0 saturated heterocycles. The third-order valence-corrected chi connectivity index (χ3v) is 3.07. The van der Waals surface area contributed by atoms with Gasteiger partial charge in [-0.3, -0.25) is 0 Å². The van der Waals surface area contributed by atoms with E-state index in [2.05, 4.69) is 0 Å². The number of halogens is 1. The Hall–Kier alpha value is -0.740. The van der Waals surface area contributed by atoms with Gasteiger partial charge in [-0.1, -0.05) is 25.1 Å². The zero-order chi connectivity index (χ0) is 11.5. The van der Waals surface area contributed by atoms with Crippen molar-refractivity contribution >= 4 is 19.7 Å². The van der Waals surface area contributed by atoms with E-state index in [9.17, 15) is 8.42 Å². The van der Waals surface area contributed by atoms with Gasteiger partial charge >= 0.3 is 0 Å². The number of rotatable bonds is 4. The summed E-state index contributed by atoms with van der Waals surface area (Å²) in [5.41, 5.74) is 1.59. The van der Waals surface area contributed by atoms with Gasteiger partial charge < -0.3 is 4.74 Å². The van der Waals surface area contributed by atoms with E-state index >= 15 is 0 Å². The van der Waals surface area contributed by atoms with E-state index in [0.717, 1.165) is 12.0 Å². The van der Waals surface area contributed by atoms with Crippen LogP contribution < -0.4 is 4.74 Å². The van der Waals surface area contributed by atoms with E-state index in [4.69, 9.17) is 15.4 Å². The van der Waals surface area contributed by atoms with Crippen molar-refractivity contribution < 1.29 is 13.2 Å². The van der Waals surface area contributed by atoms with Gasteiger partial charge in [0.25, 0.3) is 0 Å². The topological polar surface area (TPSA) is 43.4 Å². The van der Waals surface area contributed by atoms with Crippen LogP contribution in [0.5, 0.6) is 5.75 Å². The van der Waals surface area contributed by atoms with Crippen LogP contribution in [0, 0.1) is 0 Å². The maximum absolute atomic E-state index is 11.0. The second-order valence-corrected chi connectivity index (χ2v) is 5.92. The number of para-hydroxylation sites is 1. The fourth-order valence-corrected chi connectivity index (χ4v) is 2.43. The van der Waals surface area contributed by atoms with Crippen molar-refractivity contribution in [3.63, 3.8) is 0 Å². The lowest BCUT2D eigenvalue weighted by Gasteiger charge is -2.11. The van der Waals surface area contributed by atoms with Crippen LogP contribution in [0.2, 0.25) is 0 Å². The van der Waals surface area contributed by atoms with Crippen molar-refractivity contribution in [3.8, 4) is 5.75 Å². The first kappa shape index (κ1) is 12.3. The zero-order valence-electron chi connectivity index (χ0n) is 8.66. The van der Waals surface area contributed by atoms with Crippen LogP contribution in [0.1, 0.15) is 18.1 Å². The molecule has 1 rings (SSSR count). The molecule has 0 bridgehead atoms. The summed E-state index contributed by atoms with van der Waals surface area (Å²) < 4.78 is 27.1. The Kier molecular flexibility index (Phi) is 3.99. The Balaban J connectivity index is 3.18. The number of hydrogen-bond acceptors (Lipinski definition) is 3. The fraction of sp³-hybridized carbons (Fsp3) is 0.400. The Morgan fingerprint density at radius 2 is 1.93 bits per heavy atom. The Morgan fingerprint density at radius 1 is 1.33 bits per heavy atom. The molecule has 0 aliphatic carbocycles. The summed E-state index contributed by atoms with van der Waals surface area (Å²) in [7, 11) is 3.19. The number of aryl methyl sites for hydroxylation is 1. The van der Waals surface area contributed by atoms with Crippen LogP contribution in [0.4, 0.5) is 0 Å². The van der Waals surface area contributed by atoms with Gasteiger partial charge in [0, 0.05) is 16.2 Å². The first-order chi connectivity index (χ1) is 6.98. The highest BCUT2D eigenvalue weighted by Gasteiger charge is 2.13. The molecule has 0 fully saturated rings. The summed E-state index contributed by atoms with van der Waals surface area (Å²) >= 11 is 0. The molecule has 3 nitrogen and oxygen atoms in total. The van der Waals surface area contributed by atoms with E-state index in [1.54, 1.807) is 12.1 Å². The van der Waals surface area contributed by atoms with Gasteiger partial charge in [-0.2, -0.15) is 0 Å². The lowest BCUT2D eigenvalue weighted by molar-refractivity contribution is 0.406. The normalized spacial score (nSPS) is 11.4. The molecule has 1 aromatic carbocycles. The van der Waals surface area contributed by atoms with E-state index in [1.165, 1.54) is 7.11 Å². The van der Waals surface area contributed by atoms with Crippen LogP contribution in [-0.2, 0) is 21.2 Å². The Bertz CT molecular complexity index is 440. The van der Waals surface area contributed by atoms with E-state index in [-0.39, 0.29) is 5.75 Å². The van der Waals surface area contributed by atoms with E-state index < -0.39 is 9.05 Å². The highest BCUT2D eigenvalue weighted by atomic mass is 35.7. The summed E-state index contributed by atoms with van der Waals surface area (Å²) in [4.78, 5) is 0. The molecule has 84 valence electrons. The smallest absolute Gasteiger partial charge is 0.236 e. The monoisotopic (exact) mass is 248 g/mol. The van der Waals surface area contributed by atoms with Gasteiger partial charge in [-0.25, -0.2) is 8.42 Å². The SMILES string of the molecule is CCc1cccc(CS(=O)(=O)Cl)c1OC. The van der Waals surface area contributed by atoms with E-state index in [0.29, 0.717) is 11.3 Å². The largest absolute Gasteiger partial charge is 0.496 e. The van der Waals surface area contributed by atoms with Crippen LogP contribution in [0.3, 0.4) is 0 Å². The standard InChI is InChI=1S/C10H13ClO3S/c1-3-8-5-4-6-9(10(8)14-2)7-15(11,12)13/h4-6H,3,7H2,1-2H3. The van der Waals surface area contributed by atoms with Crippen LogP contribution in [0.25, 0.3) is 0 Å². The van der Waals surface area contributed by atoms with Crippen molar-refractivity contribution in [2.24, 2.45) is 0 Å². The molecule has 0 saturated carbocycles. The molecule has 1 aromatic rings. The summed E-state index contributed by atoms with van der Waals surface area (Å²) in [6, 6.07) is 5.42. The predicted octanol–water partition coefficient (Wildman–Crippen LogP) is 2.33. The average molecular weight is 249 g/mol. The lowest BCUT2D eigenvalue weighted by atomic mass is 10.1. The van der Waals surface area contributed by atoms with Crippen LogP contribution >= 0.6 is 10.7 Å². The molecule has 0 aromatic heterocycles. The lowest BCUT2D eigenvalue weighted by Crippen LogP contribution is -2.01. The minimum atomic E-state index is -3.54. The second-order valence-electron chi connectivity index (χ2n) is 3.15. The van der Waals surface area contributed by atoms with Crippen molar-refractivity contribution in [2.75, 3.05) is 7.11 Å². The van der Waals surface area contributed by atoms with E-state index in [1.807, 2.05) is 13.0 Å². The molecule has 15 heavy (non-hydrogen) atoms. The molecule has 0 unspecified atom stereocenters. The van der Waals surface area contributed by atoms with Gasteiger partial charge in [0.15, 0.2) is 0 Å². The minimum absolute atomic E-state index is 0.203. The first-order valence-corrected chi connectivity index (χ1v) is 7.03. The summed E-state index contributed by atoms with van der Waals surface area (Å²) in [5.74, 6) is 0.412. The molecular weight excluding hydrogens is 236 g/mol. The predicted molar refractivity (Wildman–Crippen MR) is 60.8 cm³/mol. The number of methoxy groups -OCH3 is 1. The minimum Gasteiger partial charge on any atom is -0.496 e. The molecule has 0 spiro atoms. The van der Waals surface area contributed by atoms with Crippen molar-refractivity contribution in [3.05, 3.63) is 29.3 Å². The molecule has 0 amide bonds. The van der Waals surface area contributed by atoms with Crippen LogP contribution in [0.15, 0.2) is 18.2 Å². The summed E-state index contributed by atoms with van der Waals surface area (Å²) in [6.45, 7) is 1.98. The van der Waals surface area contributed by atoms with Gasteiger partial charge in [-0.05, 0) is 12.0 Å². The third-order valence-electron chi connectivity index (χ3n) is 2.09. The Morgan fingerprint density at radius 3 is 2.40 bits per heavy atom. The quantitative estimate of drug-likeness (QED) is 0.768. The van der Waals surface area contributed by atoms with Crippen molar-refractivity contribution in [1.82, 2.24) is 0 Å². The van der Waals surface area contributed by atoms with Gasteiger partial charge in [0.1, 0.15) is 5.75 Å². The molecular formula is C10H13ClO3S. The number of ether oxygens (including phenoxy) is 1. The molecule has 0 atom stereocenters. The molecule has 0 heterocycles. The van der Waals surface area contributed by atoms with Crippen LogP contribution in [-0.4, -0.2) is 15.5 Å². The van der Waals surface area contributed by atoms with Crippen molar-refractivity contribution in [2.45, 2.75) is 19.1 Å². The third kappa shape index (κ3) is 3.39. The fourth-order valence-electron chi connectivity index (χ4n) is 1.48. The average Bonchev–Trinajstić information content (AvgIpc) is 2.15. The Labute approximate surface area is 94.4 Å². The highest BCUT2D eigenvalue weighted by molar-refractivity contribution is 8.13. The molecule has 0 aliphatic heterocycles. The summed E-state index contributed by atoms with van der Waals surface area (Å²) in [5, 5.41) is 0. The summed E-state index contributed by atoms with van der Waals surface area (Å²) in [6.07, 6.45) is 0.791. The van der Waals surface area contributed by atoms with Gasteiger partial charge in [0.05, 0.1) is 12.9 Å². The van der Waals surface area contributed by atoms with Gasteiger partial charge in [0.2, 0.25) is 9.05 Å². The number of benzene rings is 1. The molecule has 0 aliphatic rings. The second kappa shape index (κ2) is 4.86.